The summed E-state index contributed by atoms with van der Waals surface area (Å²) in [4.78, 5) is 0. The summed E-state index contributed by atoms with van der Waals surface area (Å²) in [7, 11) is 0. The summed E-state index contributed by atoms with van der Waals surface area (Å²) in [5.41, 5.74) is 5.15. The summed E-state index contributed by atoms with van der Waals surface area (Å²) in [6.07, 6.45) is -0.0520. The number of hydrogen-bond acceptors (Lipinski definition) is 1. The molecule has 0 aliphatic heterocycles. The topological polar surface area (TPSA) is 49.9 Å². The summed E-state index contributed by atoms with van der Waals surface area (Å²) >= 11 is 0. The molecule has 0 bridgehead atoms. The normalized spacial score (nSPS) is 9.83. The Balaban J connectivity index is 2.97. The van der Waals surface area contributed by atoms with Crippen LogP contribution in [0, 0.1) is 17.0 Å². The molecule has 0 spiro atoms. The highest BCUT2D eigenvalue weighted by Gasteiger charge is 2.04. The van der Waals surface area contributed by atoms with Gasteiger partial charge >= 0.3 is 0 Å². The monoisotopic (exact) mass is 170 g/mol. The molecule has 0 saturated heterocycles. The van der Waals surface area contributed by atoms with Gasteiger partial charge < -0.3 is 5.73 Å². The van der Waals surface area contributed by atoms with Gasteiger partial charge in [0.05, 0.1) is 5.84 Å². The number of nitrogens with two attached hydrogens (primary N) is 1. The molecule has 0 aliphatic carbocycles. The number of rotatable bonds is 2. The van der Waals surface area contributed by atoms with Gasteiger partial charge in [0.25, 0.3) is 0 Å². The van der Waals surface area contributed by atoms with Crippen molar-refractivity contribution in [2.75, 3.05) is 0 Å². The zero-order chi connectivity index (χ0) is 9.14. The zero-order valence-corrected chi connectivity index (χ0v) is 6.27. The average Bonchev–Trinajstić information content (AvgIpc) is 1.96. The summed E-state index contributed by atoms with van der Waals surface area (Å²) < 4.78 is 25.3. The van der Waals surface area contributed by atoms with Crippen LogP contribution < -0.4 is 5.73 Å². The Bertz CT molecular complexity index is 310. The Morgan fingerprint density at radius 2 is 2.08 bits per heavy atom. The average molecular weight is 170 g/mol. The van der Waals surface area contributed by atoms with Crippen molar-refractivity contribution in [3.05, 3.63) is 35.4 Å². The smallest absolute Gasteiger partial charge is 0.127 e. The van der Waals surface area contributed by atoms with Gasteiger partial charge in [0.15, 0.2) is 0 Å². The van der Waals surface area contributed by atoms with E-state index in [1.165, 1.54) is 0 Å². The third kappa shape index (κ3) is 2.02. The van der Waals surface area contributed by atoms with Crippen LogP contribution in [0.15, 0.2) is 18.2 Å². The van der Waals surface area contributed by atoms with Crippen LogP contribution in [0.3, 0.4) is 0 Å². The van der Waals surface area contributed by atoms with Crippen LogP contribution in [0.4, 0.5) is 8.78 Å². The van der Waals surface area contributed by atoms with Crippen molar-refractivity contribution in [3.8, 4) is 0 Å². The fourth-order valence-corrected chi connectivity index (χ4v) is 0.884. The van der Waals surface area contributed by atoms with Gasteiger partial charge in [0.1, 0.15) is 11.6 Å². The van der Waals surface area contributed by atoms with Crippen LogP contribution in [0.25, 0.3) is 0 Å². The molecule has 0 unspecified atom stereocenters. The third-order valence-electron chi connectivity index (χ3n) is 1.39. The highest BCUT2D eigenvalue weighted by atomic mass is 19.1. The van der Waals surface area contributed by atoms with E-state index in [9.17, 15) is 8.78 Å². The van der Waals surface area contributed by atoms with Crippen LogP contribution in [-0.2, 0) is 6.42 Å². The molecule has 0 aliphatic rings. The minimum Gasteiger partial charge on any atom is -0.387 e. The molecule has 1 rings (SSSR count). The number of halogens is 2. The minimum atomic E-state index is -0.536. The van der Waals surface area contributed by atoms with E-state index in [0.29, 0.717) is 0 Å². The van der Waals surface area contributed by atoms with Crippen LogP contribution in [-0.4, -0.2) is 5.84 Å². The number of benzene rings is 1. The SMILES string of the molecule is N=C(N)Cc1cc(F)ccc1F. The first-order valence-corrected chi connectivity index (χ1v) is 3.36. The molecule has 1 aromatic carbocycles. The van der Waals surface area contributed by atoms with E-state index in [1.54, 1.807) is 0 Å². The second-order valence-corrected chi connectivity index (χ2v) is 2.44. The van der Waals surface area contributed by atoms with Crippen molar-refractivity contribution in [2.24, 2.45) is 5.73 Å². The van der Waals surface area contributed by atoms with Gasteiger partial charge in [0, 0.05) is 6.42 Å². The predicted octanol–water partition coefficient (Wildman–Crippen LogP) is 1.44. The maximum Gasteiger partial charge on any atom is 0.127 e. The largest absolute Gasteiger partial charge is 0.387 e. The fourth-order valence-electron chi connectivity index (χ4n) is 0.884. The summed E-state index contributed by atoms with van der Waals surface area (Å²) in [6, 6.07) is 3.09. The fraction of sp³-hybridized carbons (Fsp3) is 0.125. The van der Waals surface area contributed by atoms with Gasteiger partial charge in [-0.3, -0.25) is 5.41 Å². The predicted molar refractivity (Wildman–Crippen MR) is 42.0 cm³/mol. The number of amidine groups is 1. The van der Waals surface area contributed by atoms with Crippen molar-refractivity contribution in [2.45, 2.75) is 6.42 Å². The van der Waals surface area contributed by atoms with Gasteiger partial charge in [-0.15, -0.1) is 0 Å². The molecule has 0 saturated carbocycles. The van der Waals surface area contributed by atoms with Crippen molar-refractivity contribution >= 4 is 5.84 Å². The van der Waals surface area contributed by atoms with Crippen LogP contribution >= 0.6 is 0 Å². The third-order valence-corrected chi connectivity index (χ3v) is 1.39. The van der Waals surface area contributed by atoms with Gasteiger partial charge in [0.2, 0.25) is 0 Å². The Labute approximate surface area is 68.5 Å². The second-order valence-electron chi connectivity index (χ2n) is 2.44. The molecule has 64 valence electrons. The minimum absolute atomic E-state index is 0.0520. The first kappa shape index (κ1) is 8.64. The molecule has 0 radical (unpaired) electrons. The Morgan fingerprint density at radius 1 is 1.42 bits per heavy atom. The van der Waals surface area contributed by atoms with Crippen molar-refractivity contribution in [1.29, 1.82) is 5.41 Å². The second kappa shape index (κ2) is 3.30. The van der Waals surface area contributed by atoms with Gasteiger partial charge in [-0.25, -0.2) is 8.78 Å². The molecule has 0 aromatic heterocycles. The van der Waals surface area contributed by atoms with E-state index in [1.807, 2.05) is 0 Å². The van der Waals surface area contributed by atoms with E-state index < -0.39 is 11.6 Å². The molecule has 2 nitrogen and oxygen atoms in total. The molecule has 4 heteroatoms. The lowest BCUT2D eigenvalue weighted by molar-refractivity contribution is 0.590. The van der Waals surface area contributed by atoms with Crippen molar-refractivity contribution < 1.29 is 8.78 Å². The lowest BCUT2D eigenvalue weighted by atomic mass is 10.1. The maximum atomic E-state index is 12.8. The molecule has 12 heavy (non-hydrogen) atoms. The van der Waals surface area contributed by atoms with Crippen LogP contribution in [0.2, 0.25) is 0 Å². The van der Waals surface area contributed by atoms with Gasteiger partial charge in [-0.2, -0.15) is 0 Å². The first-order chi connectivity index (χ1) is 5.59. The van der Waals surface area contributed by atoms with Crippen molar-refractivity contribution in [3.63, 3.8) is 0 Å². The highest BCUT2D eigenvalue weighted by Crippen LogP contribution is 2.09. The molecule has 0 amide bonds. The Kier molecular flexibility index (Phi) is 2.38. The molecule has 1 aromatic rings. The summed E-state index contributed by atoms with van der Waals surface area (Å²) in [5, 5.41) is 6.89. The van der Waals surface area contributed by atoms with E-state index >= 15 is 0 Å². The van der Waals surface area contributed by atoms with Gasteiger partial charge in [-0.05, 0) is 23.8 Å². The first-order valence-electron chi connectivity index (χ1n) is 3.36. The molecule has 0 heterocycles. The van der Waals surface area contributed by atoms with E-state index in [-0.39, 0.29) is 17.8 Å². The number of nitrogens with one attached hydrogen (secondary N) is 1. The lowest BCUT2D eigenvalue weighted by Gasteiger charge is -2.00. The molecule has 0 atom stereocenters. The van der Waals surface area contributed by atoms with Crippen LogP contribution in [0.5, 0.6) is 0 Å². The van der Waals surface area contributed by atoms with E-state index in [0.717, 1.165) is 18.2 Å². The maximum absolute atomic E-state index is 12.8. The Hall–Kier alpha value is -1.45. The van der Waals surface area contributed by atoms with E-state index in [2.05, 4.69) is 0 Å². The highest BCUT2D eigenvalue weighted by molar-refractivity contribution is 5.79. The van der Waals surface area contributed by atoms with E-state index in [4.69, 9.17) is 11.1 Å². The lowest BCUT2D eigenvalue weighted by Crippen LogP contribution is -2.13. The summed E-state index contributed by atoms with van der Waals surface area (Å²) in [5.74, 6) is -1.24. The summed E-state index contributed by atoms with van der Waals surface area (Å²) in [6.45, 7) is 0. The zero-order valence-electron chi connectivity index (χ0n) is 6.27. The van der Waals surface area contributed by atoms with Crippen molar-refractivity contribution in [1.82, 2.24) is 0 Å². The van der Waals surface area contributed by atoms with Crippen LogP contribution in [0.1, 0.15) is 5.56 Å². The Morgan fingerprint density at radius 3 is 2.67 bits per heavy atom. The molecule has 3 N–H and O–H groups in total. The van der Waals surface area contributed by atoms with Gasteiger partial charge in [-0.1, -0.05) is 0 Å². The quantitative estimate of drug-likeness (QED) is 0.512. The number of hydrogen-bond donors (Lipinski definition) is 2. The standard InChI is InChI=1S/C8H8F2N2/c9-6-1-2-7(10)5(3-6)4-8(11)12/h1-3H,4H2,(H3,11,12). The molecular formula is C8H8F2N2. The molecule has 0 fully saturated rings. The molecular weight excluding hydrogens is 162 g/mol.